The zero-order valence-electron chi connectivity index (χ0n) is 36.6. The molecule has 2 aliphatic heterocycles. The van der Waals surface area contributed by atoms with Gasteiger partial charge in [0.1, 0.15) is 43.0 Å². The molecular weight excluding hydrogens is 872 g/mol. The predicted octanol–water partition coefficient (Wildman–Crippen LogP) is 4.86. The van der Waals surface area contributed by atoms with Crippen LogP contribution in [0.5, 0.6) is 0 Å². The number of hydrogen-bond donors (Lipinski definition) is 4. The smallest absolute Gasteiger partial charge is 0.462 e. The van der Waals surface area contributed by atoms with Gasteiger partial charge >= 0.3 is 25.6 Å². The third-order valence-electron chi connectivity index (χ3n) is 16.0. The minimum absolute atomic E-state index is 0.0250. The van der Waals surface area contributed by atoms with Crippen molar-refractivity contribution in [3.8, 4) is 0 Å². The van der Waals surface area contributed by atoms with E-state index in [1.165, 1.54) is 33.2 Å². The number of H-pyrrole nitrogens is 1. The molecule has 0 amide bonds. The van der Waals surface area contributed by atoms with E-state index in [2.05, 4.69) is 40.8 Å². The normalized spacial score (nSPS) is 38.7. The second-order valence-electron chi connectivity index (χ2n) is 19.3. The molecule has 0 aromatic carbocycles. The molecule has 0 bridgehead atoms. The Morgan fingerprint density at radius 1 is 1.12 bits per heavy atom. The summed E-state index contributed by atoms with van der Waals surface area (Å²) < 4.78 is 45.0. The summed E-state index contributed by atoms with van der Waals surface area (Å²) in [4.78, 5) is 58.4. The van der Waals surface area contributed by atoms with Crippen molar-refractivity contribution in [2.45, 2.75) is 140 Å². The number of rotatable bonds is 14. The van der Waals surface area contributed by atoms with Crippen molar-refractivity contribution >= 4 is 31.8 Å². The third-order valence-corrected chi connectivity index (χ3v) is 17.9. The van der Waals surface area contributed by atoms with Gasteiger partial charge in [0, 0.05) is 46.0 Å². The largest absolute Gasteiger partial charge is 0.697 e. The molecule has 2 saturated heterocycles. The fourth-order valence-corrected chi connectivity index (χ4v) is 14.4. The Balaban J connectivity index is 0.817. The average molecular weight is 932 g/mol. The van der Waals surface area contributed by atoms with Gasteiger partial charge in [-0.15, -0.1) is 20.8 Å². The number of thioether (sulfide) groups is 1. The second kappa shape index (κ2) is 18.9. The molecule has 4 aliphatic carbocycles. The van der Waals surface area contributed by atoms with Crippen LogP contribution in [0, 0.1) is 53.3 Å². The maximum absolute atomic E-state index is 13.2. The number of nitrogens with two attached hydrogens (primary N) is 1. The molecule has 0 radical (unpaired) electrons. The lowest BCUT2D eigenvalue weighted by atomic mass is 9.43. The first-order valence-corrected chi connectivity index (χ1v) is 24.6. The number of aliphatic hydroxyl groups is 2. The van der Waals surface area contributed by atoms with E-state index in [1.807, 2.05) is 0 Å². The fourth-order valence-electron chi connectivity index (χ4n) is 12.6. The quantitative estimate of drug-likeness (QED) is 0.0647. The first-order chi connectivity index (χ1) is 30.5. The summed E-state index contributed by atoms with van der Waals surface area (Å²) in [6.07, 6.45) is 5.18. The Morgan fingerprint density at radius 2 is 1.92 bits per heavy atom. The highest BCUT2D eigenvalue weighted by atomic mass is 32.2. The first kappa shape index (κ1) is 46.9. The molecule has 64 heavy (non-hydrogen) atoms. The van der Waals surface area contributed by atoms with E-state index in [1.54, 1.807) is 13.1 Å². The van der Waals surface area contributed by atoms with Gasteiger partial charge in [-0.1, -0.05) is 25.9 Å². The summed E-state index contributed by atoms with van der Waals surface area (Å²) >= 11 is 1.46. The van der Waals surface area contributed by atoms with Gasteiger partial charge in [-0.05, 0) is 116 Å². The predicted molar refractivity (Wildman–Crippen MR) is 233 cm³/mol. The topological polar surface area (TPSA) is 285 Å². The summed E-state index contributed by atoms with van der Waals surface area (Å²) in [6, 6.07) is 0.819. The van der Waals surface area contributed by atoms with Crippen LogP contribution in [-0.4, -0.2) is 90.1 Å². The van der Waals surface area contributed by atoms with Crippen LogP contribution in [0.15, 0.2) is 38.0 Å². The standard InChI is InChI=1S/C42H59N8O12PS/c1-21(5-8-35(53)58-19-36-61-34(20-64-36)49-12-10-32(43)45-39(49)55)25-6-7-26-37-27(15-31(52)42(25,26)4)41(3)11-9-24(13-23(41)14-29(37)51)62-63(57)59-18-30-28(47-48-44)16-33(60-30)50-17-22(2)38(54)46-40(50)56/h10,12,17,21,23-31,33-34,36-37,51-52H,5-9,11,13-16,18-20H2,1-4H3,(H2-,43,45,46,54,55,56)/p+1/t21-,23+,24-,25-,26+,27+,28-,29-,30+,31+,33+,34-,36+,37+,41+,42-/m1/s1. The molecule has 17 atom stereocenters. The van der Waals surface area contributed by atoms with E-state index in [0.717, 1.165) is 19.3 Å². The fraction of sp³-hybridized carbons (Fsp3) is 0.786. The zero-order chi connectivity index (χ0) is 45.7. The van der Waals surface area contributed by atoms with Gasteiger partial charge in [0.2, 0.25) is 0 Å². The van der Waals surface area contributed by atoms with Gasteiger partial charge in [0.05, 0.1) is 24.4 Å². The van der Waals surface area contributed by atoms with Gasteiger partial charge < -0.3 is 30.2 Å². The Labute approximate surface area is 374 Å². The number of ether oxygens (including phenoxy) is 3. The number of carbonyl (C=O) groups excluding carboxylic acids is 1. The van der Waals surface area contributed by atoms with Crippen molar-refractivity contribution in [1.82, 2.24) is 19.1 Å². The maximum Gasteiger partial charge on any atom is 0.697 e. The van der Waals surface area contributed by atoms with Gasteiger partial charge in [-0.2, -0.15) is 4.98 Å². The average Bonchev–Trinajstić information content (AvgIpc) is 3.98. The number of carbonyl (C=O) groups is 1. The summed E-state index contributed by atoms with van der Waals surface area (Å²) in [7, 11) is -2.59. The van der Waals surface area contributed by atoms with E-state index >= 15 is 0 Å². The number of aromatic amines is 1. The number of fused-ring (bicyclic) bond motifs is 5. The number of nitrogen functional groups attached to an aromatic ring is 1. The van der Waals surface area contributed by atoms with Crippen LogP contribution in [0.1, 0.15) is 103 Å². The molecule has 4 saturated carbocycles. The van der Waals surface area contributed by atoms with E-state index in [9.17, 15) is 34.0 Å². The van der Waals surface area contributed by atoms with Crippen molar-refractivity contribution in [3.05, 3.63) is 65.8 Å². The van der Waals surface area contributed by atoms with Crippen LogP contribution in [0.25, 0.3) is 10.4 Å². The molecule has 4 heterocycles. The molecule has 2 aromatic rings. The van der Waals surface area contributed by atoms with Crippen LogP contribution in [0.3, 0.4) is 0 Å². The lowest BCUT2D eigenvalue weighted by Gasteiger charge is -2.63. The molecule has 6 fully saturated rings. The lowest BCUT2D eigenvalue weighted by Crippen LogP contribution is -2.62. The highest BCUT2D eigenvalue weighted by Crippen LogP contribution is 2.68. The van der Waals surface area contributed by atoms with Crippen LogP contribution in [0.4, 0.5) is 5.82 Å². The number of nitrogens with one attached hydrogen (secondary N) is 1. The Hall–Kier alpha value is -3.65. The van der Waals surface area contributed by atoms with Gasteiger partial charge in [0.25, 0.3) is 5.56 Å². The van der Waals surface area contributed by atoms with Gasteiger partial charge in [0.15, 0.2) is 0 Å². The number of esters is 1. The Morgan fingerprint density at radius 3 is 2.69 bits per heavy atom. The maximum atomic E-state index is 13.2. The van der Waals surface area contributed by atoms with Crippen molar-refractivity contribution in [2.75, 3.05) is 24.7 Å². The third kappa shape index (κ3) is 9.08. The molecule has 8 rings (SSSR count). The van der Waals surface area contributed by atoms with Crippen molar-refractivity contribution in [3.63, 3.8) is 0 Å². The van der Waals surface area contributed by atoms with Crippen molar-refractivity contribution in [2.24, 2.45) is 51.5 Å². The number of anilines is 1. The van der Waals surface area contributed by atoms with E-state index in [-0.39, 0.29) is 84.9 Å². The number of aromatic nitrogens is 4. The Kier molecular flexibility index (Phi) is 13.9. The molecular formula is C42H60N8O12PS+. The minimum Gasteiger partial charge on any atom is -0.462 e. The van der Waals surface area contributed by atoms with E-state index < -0.39 is 72.9 Å². The molecule has 6 aliphatic rings. The van der Waals surface area contributed by atoms with Crippen molar-refractivity contribution < 1.29 is 42.8 Å². The number of azide groups is 1. The molecule has 350 valence electrons. The first-order valence-electron chi connectivity index (χ1n) is 22.4. The summed E-state index contributed by atoms with van der Waals surface area (Å²) in [5.41, 5.74) is 12.4. The van der Waals surface area contributed by atoms with E-state index in [0.29, 0.717) is 43.4 Å². The van der Waals surface area contributed by atoms with Crippen LogP contribution >= 0.6 is 20.0 Å². The summed E-state index contributed by atoms with van der Waals surface area (Å²) in [5.74, 6) is 0.950. The monoisotopic (exact) mass is 931 g/mol. The molecule has 5 N–H and O–H groups in total. The second-order valence-corrected chi connectivity index (χ2v) is 21.4. The number of hydrogen-bond acceptors (Lipinski definition) is 16. The van der Waals surface area contributed by atoms with Crippen LogP contribution in [0.2, 0.25) is 0 Å². The van der Waals surface area contributed by atoms with Gasteiger partial charge in [-0.25, -0.2) is 9.59 Å². The summed E-state index contributed by atoms with van der Waals surface area (Å²) in [6.45, 7) is 8.04. The number of nitrogens with zero attached hydrogens (tertiary/aromatic N) is 6. The molecule has 20 nitrogen and oxygen atoms in total. The number of aliphatic hydroxyl groups excluding tert-OH is 2. The minimum atomic E-state index is -2.59. The highest BCUT2D eigenvalue weighted by molar-refractivity contribution is 8.00. The van der Waals surface area contributed by atoms with Crippen molar-refractivity contribution in [1.29, 1.82) is 0 Å². The molecule has 1 unspecified atom stereocenters. The molecule has 2 aromatic heterocycles. The molecule has 0 spiro atoms. The highest BCUT2D eigenvalue weighted by Gasteiger charge is 2.66. The Bertz CT molecular complexity index is 2310. The number of aryl methyl sites for hydroxylation is 1. The van der Waals surface area contributed by atoms with Gasteiger partial charge in [-0.3, -0.25) is 23.7 Å². The van der Waals surface area contributed by atoms with Crippen LogP contribution < -0.4 is 22.7 Å². The van der Waals surface area contributed by atoms with E-state index in [4.69, 9.17) is 34.5 Å². The lowest BCUT2D eigenvalue weighted by molar-refractivity contribution is -0.206. The SMILES string of the molecule is Cc1cn([C@@H]2C[C@@H](N=[N+]=[N-])[C@H](CO[P+](=O)O[C@@H]3CC[C@@]4(C)[C@@H](C3)C[C@@H](O)[C@@H]3[C@@H]4C[C@H](O)[C@]4(C)[C@@H]([C@H](C)CCC(=O)OC[C@H]5O[C@@H](n6ccc(N)nc6=O)CS5)CC[C@@H]34)O2)c(=O)[nH]c1=O. The van der Waals surface area contributed by atoms with Crippen LogP contribution in [-0.2, 0) is 32.6 Å². The zero-order valence-corrected chi connectivity index (χ0v) is 38.3. The molecule has 22 heteroatoms. The summed E-state index contributed by atoms with van der Waals surface area (Å²) in [5, 5.41) is 27.9.